The minimum Gasteiger partial charge on any atom is -0.458 e. The molecule has 0 saturated carbocycles. The summed E-state index contributed by atoms with van der Waals surface area (Å²) >= 11 is 0. The fraction of sp³-hybridized carbons (Fsp3) is 0.625. The van der Waals surface area contributed by atoms with Crippen molar-refractivity contribution in [2.45, 2.75) is 32.8 Å². The van der Waals surface area contributed by atoms with Crippen LogP contribution in [0.15, 0.2) is 11.6 Å². The van der Waals surface area contributed by atoms with Gasteiger partial charge in [-0.25, -0.2) is 0 Å². The third-order valence-electron chi connectivity index (χ3n) is 1.61. The molecule has 1 aliphatic rings. The van der Waals surface area contributed by atoms with Gasteiger partial charge in [-0.05, 0) is 25.8 Å². The zero-order valence-electron chi connectivity index (χ0n) is 6.39. The lowest BCUT2D eigenvalue weighted by molar-refractivity contribution is -0.144. The van der Waals surface area contributed by atoms with Gasteiger partial charge in [0.25, 0.3) is 0 Å². The van der Waals surface area contributed by atoms with Crippen LogP contribution in [0.3, 0.4) is 0 Å². The van der Waals surface area contributed by atoms with Gasteiger partial charge in [0.1, 0.15) is 6.10 Å². The van der Waals surface area contributed by atoms with Crippen molar-refractivity contribution in [2.24, 2.45) is 0 Å². The molecule has 0 saturated heterocycles. The maximum Gasteiger partial charge on any atom is 0.303 e. The predicted molar refractivity (Wildman–Crippen MR) is 38.5 cm³/mol. The number of hydrogen-bond acceptors (Lipinski definition) is 2. The molecule has 0 N–H and O–H groups in total. The highest BCUT2D eigenvalue weighted by atomic mass is 16.5. The lowest BCUT2D eigenvalue weighted by Crippen LogP contribution is -2.09. The highest BCUT2D eigenvalue weighted by Crippen LogP contribution is 2.19. The van der Waals surface area contributed by atoms with E-state index >= 15 is 0 Å². The maximum absolute atomic E-state index is 10.5. The van der Waals surface area contributed by atoms with E-state index in [1.807, 2.05) is 6.08 Å². The molecule has 56 valence electrons. The highest BCUT2D eigenvalue weighted by Gasteiger charge is 2.14. The molecule has 0 aromatic carbocycles. The molecule has 0 heterocycles. The Morgan fingerprint density at radius 3 is 2.90 bits per heavy atom. The molecule has 0 amide bonds. The van der Waals surface area contributed by atoms with Gasteiger partial charge in [-0.3, -0.25) is 4.79 Å². The van der Waals surface area contributed by atoms with Gasteiger partial charge in [0.05, 0.1) is 0 Å². The Bertz CT molecular complexity index is 170. The first-order valence-electron chi connectivity index (χ1n) is 3.53. The van der Waals surface area contributed by atoms with Gasteiger partial charge in [0.15, 0.2) is 0 Å². The SMILES string of the molecule is CC(=O)O[C@@H]1C=C(C)CC1. The zero-order chi connectivity index (χ0) is 7.56. The maximum atomic E-state index is 10.5. The fourth-order valence-corrected chi connectivity index (χ4v) is 1.16. The van der Waals surface area contributed by atoms with Crippen molar-refractivity contribution >= 4 is 5.97 Å². The Kier molecular flexibility index (Phi) is 2.10. The first kappa shape index (κ1) is 7.32. The summed E-state index contributed by atoms with van der Waals surface area (Å²) in [6.45, 7) is 3.50. The summed E-state index contributed by atoms with van der Waals surface area (Å²) in [5.41, 5.74) is 1.33. The standard InChI is InChI=1S/C8H12O2/c1-6-3-4-8(5-6)10-7(2)9/h5,8H,3-4H2,1-2H3/t8-/m0/s1. The van der Waals surface area contributed by atoms with Crippen molar-refractivity contribution in [3.63, 3.8) is 0 Å². The monoisotopic (exact) mass is 140 g/mol. The number of esters is 1. The van der Waals surface area contributed by atoms with Gasteiger partial charge in [-0.15, -0.1) is 0 Å². The zero-order valence-corrected chi connectivity index (χ0v) is 6.39. The number of rotatable bonds is 1. The molecule has 0 aliphatic heterocycles. The Hall–Kier alpha value is -0.790. The van der Waals surface area contributed by atoms with E-state index in [1.54, 1.807) is 0 Å². The van der Waals surface area contributed by atoms with E-state index in [-0.39, 0.29) is 12.1 Å². The largest absolute Gasteiger partial charge is 0.458 e. The van der Waals surface area contributed by atoms with E-state index < -0.39 is 0 Å². The molecule has 0 bridgehead atoms. The number of carbonyl (C=O) groups is 1. The summed E-state index contributed by atoms with van der Waals surface area (Å²) in [6.07, 6.45) is 4.10. The highest BCUT2D eigenvalue weighted by molar-refractivity contribution is 5.66. The van der Waals surface area contributed by atoms with E-state index in [0.29, 0.717) is 0 Å². The van der Waals surface area contributed by atoms with Crippen LogP contribution in [0.2, 0.25) is 0 Å². The van der Waals surface area contributed by atoms with Crippen LogP contribution in [0, 0.1) is 0 Å². The summed E-state index contributed by atoms with van der Waals surface area (Å²) in [5, 5.41) is 0. The number of hydrogen-bond donors (Lipinski definition) is 0. The van der Waals surface area contributed by atoms with E-state index in [0.717, 1.165) is 12.8 Å². The summed E-state index contributed by atoms with van der Waals surface area (Å²) in [7, 11) is 0. The quantitative estimate of drug-likeness (QED) is 0.409. The lowest BCUT2D eigenvalue weighted by Gasteiger charge is -2.05. The summed E-state index contributed by atoms with van der Waals surface area (Å²) in [6, 6.07) is 0. The molecule has 0 fully saturated rings. The van der Waals surface area contributed by atoms with Crippen molar-refractivity contribution in [1.82, 2.24) is 0 Å². The molecule has 1 aliphatic carbocycles. The van der Waals surface area contributed by atoms with Gasteiger partial charge < -0.3 is 4.74 Å². The van der Waals surface area contributed by atoms with Crippen LogP contribution in [0.1, 0.15) is 26.7 Å². The minimum atomic E-state index is -0.184. The third kappa shape index (κ3) is 1.87. The molecule has 10 heavy (non-hydrogen) atoms. The van der Waals surface area contributed by atoms with Gasteiger partial charge in [0.2, 0.25) is 0 Å². The van der Waals surface area contributed by atoms with Gasteiger partial charge in [-0.1, -0.05) is 5.57 Å². The van der Waals surface area contributed by atoms with Crippen LogP contribution in [0.25, 0.3) is 0 Å². The first-order valence-corrected chi connectivity index (χ1v) is 3.53. The van der Waals surface area contributed by atoms with Gasteiger partial charge in [-0.2, -0.15) is 0 Å². The third-order valence-corrected chi connectivity index (χ3v) is 1.61. The summed E-state index contributed by atoms with van der Waals surface area (Å²) < 4.78 is 4.97. The summed E-state index contributed by atoms with van der Waals surface area (Å²) in [4.78, 5) is 10.5. The summed E-state index contributed by atoms with van der Waals surface area (Å²) in [5.74, 6) is -0.184. The minimum absolute atomic E-state index is 0.0532. The Balaban J connectivity index is 2.38. The molecule has 1 atom stereocenters. The molecule has 2 nitrogen and oxygen atoms in total. The van der Waals surface area contributed by atoms with Crippen molar-refractivity contribution in [3.05, 3.63) is 11.6 Å². The van der Waals surface area contributed by atoms with Crippen LogP contribution >= 0.6 is 0 Å². The normalized spacial score (nSPS) is 24.2. The second-order valence-electron chi connectivity index (χ2n) is 2.70. The van der Waals surface area contributed by atoms with Crippen molar-refractivity contribution in [2.75, 3.05) is 0 Å². The average molecular weight is 140 g/mol. The van der Waals surface area contributed by atoms with Crippen LogP contribution in [0.4, 0.5) is 0 Å². The van der Waals surface area contributed by atoms with Gasteiger partial charge in [0, 0.05) is 6.92 Å². The molecule has 0 aromatic rings. The van der Waals surface area contributed by atoms with Crippen LogP contribution in [-0.4, -0.2) is 12.1 Å². The number of ether oxygens (including phenoxy) is 1. The van der Waals surface area contributed by atoms with Crippen molar-refractivity contribution < 1.29 is 9.53 Å². The van der Waals surface area contributed by atoms with E-state index in [1.165, 1.54) is 12.5 Å². The molecule has 0 spiro atoms. The number of carbonyl (C=O) groups excluding carboxylic acids is 1. The predicted octanol–water partition coefficient (Wildman–Crippen LogP) is 1.66. The fourth-order valence-electron chi connectivity index (χ4n) is 1.16. The second kappa shape index (κ2) is 2.86. The molecular formula is C8H12O2. The van der Waals surface area contributed by atoms with E-state index in [2.05, 4.69) is 6.92 Å². The smallest absolute Gasteiger partial charge is 0.303 e. The van der Waals surface area contributed by atoms with Crippen molar-refractivity contribution in [3.8, 4) is 0 Å². The second-order valence-corrected chi connectivity index (χ2v) is 2.70. The Morgan fingerprint density at radius 1 is 1.80 bits per heavy atom. The lowest BCUT2D eigenvalue weighted by atomic mass is 10.3. The Morgan fingerprint density at radius 2 is 2.50 bits per heavy atom. The van der Waals surface area contributed by atoms with E-state index in [4.69, 9.17) is 4.74 Å². The van der Waals surface area contributed by atoms with Gasteiger partial charge >= 0.3 is 5.97 Å². The van der Waals surface area contributed by atoms with Crippen LogP contribution in [0.5, 0.6) is 0 Å². The van der Waals surface area contributed by atoms with Crippen LogP contribution in [-0.2, 0) is 9.53 Å². The molecule has 0 aromatic heterocycles. The average Bonchev–Trinajstić information content (AvgIpc) is 2.13. The van der Waals surface area contributed by atoms with E-state index in [9.17, 15) is 4.79 Å². The topological polar surface area (TPSA) is 26.3 Å². The first-order chi connectivity index (χ1) is 4.68. The van der Waals surface area contributed by atoms with Crippen molar-refractivity contribution in [1.29, 1.82) is 0 Å². The van der Waals surface area contributed by atoms with Crippen LogP contribution < -0.4 is 0 Å². The molecular weight excluding hydrogens is 128 g/mol. The molecule has 2 heteroatoms. The Labute approximate surface area is 60.9 Å². The molecule has 0 radical (unpaired) electrons. The molecule has 1 rings (SSSR count). The molecule has 0 unspecified atom stereocenters. The number of allylic oxidation sites excluding steroid dienone is 1.